The SMILES string of the molecule is CC1(CO)CCCC2(C)c3ccccc3CCC12. The van der Waals surface area contributed by atoms with Gasteiger partial charge >= 0.3 is 0 Å². The molecule has 18 heavy (non-hydrogen) atoms. The Morgan fingerprint density at radius 1 is 1.22 bits per heavy atom. The van der Waals surface area contributed by atoms with E-state index in [1.165, 1.54) is 32.1 Å². The Bertz CT molecular complexity index is 453. The fraction of sp³-hybridized carbons (Fsp3) is 0.647. The molecule has 0 bridgehead atoms. The minimum absolute atomic E-state index is 0.126. The van der Waals surface area contributed by atoms with Crippen LogP contribution in [-0.4, -0.2) is 11.7 Å². The molecule has 1 nitrogen and oxygen atoms in total. The number of benzene rings is 1. The first-order valence-electron chi connectivity index (χ1n) is 7.29. The first-order chi connectivity index (χ1) is 8.60. The van der Waals surface area contributed by atoms with Crippen molar-refractivity contribution in [1.82, 2.24) is 0 Å². The molecular formula is C17H24O. The molecule has 3 unspecified atom stereocenters. The fourth-order valence-corrected chi connectivity index (χ4v) is 4.75. The van der Waals surface area contributed by atoms with E-state index in [0.717, 1.165) is 0 Å². The number of rotatable bonds is 1. The van der Waals surface area contributed by atoms with Crippen molar-refractivity contribution in [3.05, 3.63) is 35.4 Å². The van der Waals surface area contributed by atoms with E-state index in [2.05, 4.69) is 38.1 Å². The predicted octanol–water partition coefficient (Wildman–Crippen LogP) is 3.69. The largest absolute Gasteiger partial charge is 0.396 e. The van der Waals surface area contributed by atoms with Gasteiger partial charge in [0.05, 0.1) is 0 Å². The van der Waals surface area contributed by atoms with Crippen molar-refractivity contribution in [2.75, 3.05) is 6.61 Å². The van der Waals surface area contributed by atoms with Crippen LogP contribution < -0.4 is 0 Å². The smallest absolute Gasteiger partial charge is 0.0487 e. The van der Waals surface area contributed by atoms with Crippen LogP contribution in [0.3, 0.4) is 0 Å². The van der Waals surface area contributed by atoms with Gasteiger partial charge in [0, 0.05) is 6.61 Å². The van der Waals surface area contributed by atoms with Crippen molar-refractivity contribution >= 4 is 0 Å². The maximum Gasteiger partial charge on any atom is 0.0487 e. The molecule has 0 amide bonds. The highest BCUT2D eigenvalue weighted by Crippen LogP contribution is 2.56. The number of fused-ring (bicyclic) bond motifs is 3. The molecule has 0 saturated heterocycles. The lowest BCUT2D eigenvalue weighted by Crippen LogP contribution is -2.50. The van der Waals surface area contributed by atoms with Crippen molar-refractivity contribution in [2.45, 2.75) is 51.4 Å². The highest BCUT2D eigenvalue weighted by Gasteiger charge is 2.51. The quantitative estimate of drug-likeness (QED) is 0.799. The minimum Gasteiger partial charge on any atom is -0.396 e. The van der Waals surface area contributed by atoms with Gasteiger partial charge in [-0.2, -0.15) is 0 Å². The normalized spacial score (nSPS) is 38.9. The summed E-state index contributed by atoms with van der Waals surface area (Å²) >= 11 is 0. The third kappa shape index (κ3) is 1.56. The zero-order valence-electron chi connectivity index (χ0n) is 11.6. The molecule has 3 rings (SSSR count). The molecular weight excluding hydrogens is 220 g/mol. The van der Waals surface area contributed by atoms with Gasteiger partial charge in [0.2, 0.25) is 0 Å². The molecule has 2 aliphatic carbocycles. The average Bonchev–Trinajstić information content (AvgIpc) is 2.39. The van der Waals surface area contributed by atoms with Gasteiger partial charge in [-0.15, -0.1) is 0 Å². The Morgan fingerprint density at radius 2 is 2.00 bits per heavy atom. The molecule has 1 aromatic carbocycles. The molecule has 2 aliphatic rings. The van der Waals surface area contributed by atoms with Gasteiger partial charge in [-0.05, 0) is 53.6 Å². The van der Waals surface area contributed by atoms with Gasteiger partial charge in [-0.1, -0.05) is 44.5 Å². The van der Waals surface area contributed by atoms with Crippen molar-refractivity contribution < 1.29 is 5.11 Å². The number of aliphatic hydroxyl groups is 1. The number of aliphatic hydroxyl groups excluding tert-OH is 1. The predicted molar refractivity (Wildman–Crippen MR) is 74.6 cm³/mol. The summed E-state index contributed by atoms with van der Waals surface area (Å²) in [5.74, 6) is 0.638. The summed E-state index contributed by atoms with van der Waals surface area (Å²) in [6.07, 6.45) is 6.14. The van der Waals surface area contributed by atoms with E-state index in [-0.39, 0.29) is 10.8 Å². The lowest BCUT2D eigenvalue weighted by Gasteiger charge is -2.55. The Hall–Kier alpha value is -0.820. The molecule has 0 aromatic heterocycles. The molecule has 1 aromatic rings. The Morgan fingerprint density at radius 3 is 2.78 bits per heavy atom. The molecule has 0 heterocycles. The van der Waals surface area contributed by atoms with E-state index in [9.17, 15) is 5.11 Å². The van der Waals surface area contributed by atoms with E-state index in [1.54, 1.807) is 11.1 Å². The molecule has 1 heteroatoms. The molecule has 0 aliphatic heterocycles. The van der Waals surface area contributed by atoms with Crippen LogP contribution in [0.2, 0.25) is 0 Å². The fourth-order valence-electron chi connectivity index (χ4n) is 4.75. The van der Waals surface area contributed by atoms with Crippen LogP contribution in [0.25, 0.3) is 0 Å². The lowest BCUT2D eigenvalue weighted by molar-refractivity contribution is -0.0178. The molecule has 1 fully saturated rings. The summed E-state index contributed by atoms with van der Waals surface area (Å²) in [6, 6.07) is 8.96. The summed E-state index contributed by atoms with van der Waals surface area (Å²) in [4.78, 5) is 0. The van der Waals surface area contributed by atoms with Gasteiger partial charge < -0.3 is 5.11 Å². The standard InChI is InChI=1S/C17H24O/c1-16(12-18)10-5-11-17(2)14-7-4-3-6-13(14)8-9-15(16)17/h3-4,6-7,15,18H,5,8-12H2,1-2H3. The zero-order chi connectivity index (χ0) is 12.8. The second kappa shape index (κ2) is 4.09. The van der Waals surface area contributed by atoms with Crippen LogP contribution in [0.4, 0.5) is 0 Å². The summed E-state index contributed by atoms with van der Waals surface area (Å²) in [5.41, 5.74) is 3.50. The van der Waals surface area contributed by atoms with Crippen molar-refractivity contribution in [3.8, 4) is 0 Å². The first-order valence-corrected chi connectivity index (χ1v) is 7.29. The second-order valence-corrected chi connectivity index (χ2v) is 6.83. The van der Waals surface area contributed by atoms with E-state index < -0.39 is 0 Å². The molecule has 3 atom stereocenters. The molecule has 98 valence electrons. The van der Waals surface area contributed by atoms with Crippen molar-refractivity contribution in [3.63, 3.8) is 0 Å². The maximum absolute atomic E-state index is 9.85. The van der Waals surface area contributed by atoms with Crippen molar-refractivity contribution in [1.29, 1.82) is 0 Å². The second-order valence-electron chi connectivity index (χ2n) is 6.83. The van der Waals surface area contributed by atoms with Crippen LogP contribution in [0.1, 0.15) is 50.7 Å². The molecule has 1 N–H and O–H groups in total. The lowest BCUT2D eigenvalue weighted by atomic mass is 9.50. The average molecular weight is 244 g/mol. The van der Waals surface area contributed by atoms with Gasteiger partial charge in [0.1, 0.15) is 0 Å². The van der Waals surface area contributed by atoms with Crippen LogP contribution in [0.15, 0.2) is 24.3 Å². The van der Waals surface area contributed by atoms with Crippen molar-refractivity contribution in [2.24, 2.45) is 11.3 Å². The van der Waals surface area contributed by atoms with Crippen LogP contribution in [-0.2, 0) is 11.8 Å². The van der Waals surface area contributed by atoms with Crippen LogP contribution in [0.5, 0.6) is 0 Å². The van der Waals surface area contributed by atoms with E-state index >= 15 is 0 Å². The summed E-state index contributed by atoms with van der Waals surface area (Å²) in [6.45, 7) is 5.07. The monoisotopic (exact) mass is 244 g/mol. The molecule has 0 spiro atoms. The Labute approximate surface area is 110 Å². The van der Waals surface area contributed by atoms with Crippen LogP contribution in [0, 0.1) is 11.3 Å². The minimum atomic E-state index is 0.126. The van der Waals surface area contributed by atoms with E-state index in [1.807, 2.05) is 0 Å². The zero-order valence-corrected chi connectivity index (χ0v) is 11.6. The molecule has 1 saturated carbocycles. The number of hydrogen-bond acceptors (Lipinski definition) is 1. The summed E-state index contributed by atoms with van der Waals surface area (Å²) < 4.78 is 0. The highest BCUT2D eigenvalue weighted by molar-refractivity contribution is 5.38. The molecule has 0 radical (unpaired) electrons. The van der Waals surface area contributed by atoms with Gasteiger partial charge in [0.25, 0.3) is 0 Å². The van der Waals surface area contributed by atoms with E-state index in [4.69, 9.17) is 0 Å². The first kappa shape index (κ1) is 12.2. The van der Waals surface area contributed by atoms with Crippen LogP contribution >= 0.6 is 0 Å². The maximum atomic E-state index is 9.85. The number of aryl methyl sites for hydroxylation is 1. The van der Waals surface area contributed by atoms with E-state index in [0.29, 0.717) is 12.5 Å². The third-order valence-electron chi connectivity index (χ3n) is 5.75. The Balaban J connectivity index is 2.09. The summed E-state index contributed by atoms with van der Waals surface area (Å²) in [5, 5.41) is 9.85. The third-order valence-corrected chi connectivity index (χ3v) is 5.75. The van der Waals surface area contributed by atoms with Gasteiger partial charge in [-0.25, -0.2) is 0 Å². The number of hydrogen-bond donors (Lipinski definition) is 1. The Kier molecular flexibility index (Phi) is 2.78. The topological polar surface area (TPSA) is 20.2 Å². The highest BCUT2D eigenvalue weighted by atomic mass is 16.3. The van der Waals surface area contributed by atoms with Gasteiger partial charge in [-0.3, -0.25) is 0 Å². The summed E-state index contributed by atoms with van der Waals surface area (Å²) in [7, 11) is 0. The van der Waals surface area contributed by atoms with Gasteiger partial charge in [0.15, 0.2) is 0 Å².